The third kappa shape index (κ3) is 4.47. The fourth-order valence-electron chi connectivity index (χ4n) is 2.06. The Labute approximate surface area is 121 Å². The van der Waals surface area contributed by atoms with Gasteiger partial charge in [0.15, 0.2) is 0 Å². The number of nitrogens with one attached hydrogen (secondary N) is 2. The molecule has 2 heteroatoms. The molecule has 2 N–H and O–H groups in total. The lowest BCUT2D eigenvalue weighted by atomic mass is 10.1. The van der Waals surface area contributed by atoms with Gasteiger partial charge in [-0.15, -0.1) is 6.58 Å². The molecule has 0 aliphatic carbocycles. The van der Waals surface area contributed by atoms with Gasteiger partial charge in [-0.3, -0.25) is 0 Å². The first-order valence-corrected chi connectivity index (χ1v) is 7.07. The molecule has 0 fully saturated rings. The molecule has 0 aliphatic heterocycles. The summed E-state index contributed by atoms with van der Waals surface area (Å²) in [4.78, 5) is 0. The van der Waals surface area contributed by atoms with E-state index in [-0.39, 0.29) is 0 Å². The maximum Gasteiger partial charge on any atom is 0.0385 e. The van der Waals surface area contributed by atoms with Crippen LogP contribution in [-0.2, 0) is 0 Å². The first kappa shape index (κ1) is 14.2. The molecule has 1 unspecified atom stereocenters. The fraction of sp³-hybridized carbons (Fsp3) is 0.222. The molecule has 2 aromatic rings. The van der Waals surface area contributed by atoms with Crippen molar-refractivity contribution in [3.8, 4) is 0 Å². The standard InChI is InChI=1S/C18H22N2/c1-3-4-8-15(2)19-17-11-13-18(14-12-17)20-16-9-6-5-7-10-16/h3,5-7,9-15,19-20H,1,4,8H2,2H3. The van der Waals surface area contributed by atoms with Gasteiger partial charge in [0.05, 0.1) is 0 Å². The summed E-state index contributed by atoms with van der Waals surface area (Å²) in [7, 11) is 0. The third-order valence-electron chi connectivity index (χ3n) is 3.16. The lowest BCUT2D eigenvalue weighted by Crippen LogP contribution is -2.14. The molecule has 104 valence electrons. The van der Waals surface area contributed by atoms with E-state index in [9.17, 15) is 0 Å². The molecule has 20 heavy (non-hydrogen) atoms. The van der Waals surface area contributed by atoms with Crippen LogP contribution in [0.25, 0.3) is 0 Å². The van der Waals surface area contributed by atoms with Crippen molar-refractivity contribution in [2.24, 2.45) is 0 Å². The Morgan fingerprint density at radius 2 is 1.55 bits per heavy atom. The van der Waals surface area contributed by atoms with Crippen molar-refractivity contribution in [2.75, 3.05) is 10.6 Å². The summed E-state index contributed by atoms with van der Waals surface area (Å²) in [6, 6.07) is 19.0. The number of hydrogen-bond donors (Lipinski definition) is 2. The van der Waals surface area contributed by atoms with Crippen LogP contribution in [0.1, 0.15) is 19.8 Å². The van der Waals surface area contributed by atoms with Crippen LogP contribution in [-0.4, -0.2) is 6.04 Å². The molecule has 0 saturated carbocycles. The van der Waals surface area contributed by atoms with Gasteiger partial charge in [-0.05, 0) is 56.2 Å². The minimum Gasteiger partial charge on any atom is -0.383 e. The summed E-state index contributed by atoms with van der Waals surface area (Å²) >= 11 is 0. The van der Waals surface area contributed by atoms with Gasteiger partial charge in [0, 0.05) is 23.1 Å². The van der Waals surface area contributed by atoms with Crippen molar-refractivity contribution < 1.29 is 0 Å². The molecule has 0 saturated heterocycles. The molecule has 2 aromatic carbocycles. The second-order valence-corrected chi connectivity index (χ2v) is 4.98. The van der Waals surface area contributed by atoms with Crippen LogP contribution in [0.4, 0.5) is 17.1 Å². The largest absolute Gasteiger partial charge is 0.383 e. The van der Waals surface area contributed by atoms with Gasteiger partial charge in [-0.2, -0.15) is 0 Å². The molecule has 0 amide bonds. The normalized spacial score (nSPS) is 11.7. The second kappa shape index (κ2) is 7.39. The highest BCUT2D eigenvalue weighted by atomic mass is 14.9. The Bertz CT molecular complexity index is 517. The molecule has 0 radical (unpaired) electrons. The topological polar surface area (TPSA) is 24.1 Å². The van der Waals surface area contributed by atoms with Gasteiger partial charge in [0.1, 0.15) is 0 Å². The van der Waals surface area contributed by atoms with Crippen molar-refractivity contribution >= 4 is 17.1 Å². The molecular weight excluding hydrogens is 244 g/mol. The number of hydrogen-bond acceptors (Lipinski definition) is 2. The average Bonchev–Trinajstić information content (AvgIpc) is 2.48. The van der Waals surface area contributed by atoms with Gasteiger partial charge in [-0.1, -0.05) is 24.3 Å². The number of para-hydroxylation sites is 1. The Hall–Kier alpha value is -2.22. The van der Waals surface area contributed by atoms with Crippen LogP contribution < -0.4 is 10.6 Å². The molecule has 0 aliphatic rings. The molecule has 2 nitrogen and oxygen atoms in total. The highest BCUT2D eigenvalue weighted by molar-refractivity contribution is 5.62. The Morgan fingerprint density at radius 1 is 0.950 bits per heavy atom. The minimum absolute atomic E-state index is 0.459. The van der Waals surface area contributed by atoms with Crippen molar-refractivity contribution in [1.29, 1.82) is 0 Å². The zero-order valence-corrected chi connectivity index (χ0v) is 12.0. The van der Waals surface area contributed by atoms with Crippen molar-refractivity contribution in [1.82, 2.24) is 0 Å². The fourth-order valence-corrected chi connectivity index (χ4v) is 2.06. The van der Waals surface area contributed by atoms with E-state index in [2.05, 4.69) is 60.5 Å². The van der Waals surface area contributed by atoms with Crippen molar-refractivity contribution in [3.05, 3.63) is 67.3 Å². The lowest BCUT2D eigenvalue weighted by molar-refractivity contribution is 0.719. The molecule has 2 rings (SSSR count). The maximum atomic E-state index is 3.76. The van der Waals surface area contributed by atoms with E-state index >= 15 is 0 Å². The molecular formula is C18H22N2. The van der Waals surface area contributed by atoms with Gasteiger partial charge in [-0.25, -0.2) is 0 Å². The Morgan fingerprint density at radius 3 is 2.20 bits per heavy atom. The summed E-state index contributed by atoms with van der Waals surface area (Å²) in [5.74, 6) is 0. The first-order chi connectivity index (χ1) is 9.78. The number of anilines is 3. The summed E-state index contributed by atoms with van der Waals surface area (Å²) in [6.45, 7) is 5.95. The second-order valence-electron chi connectivity index (χ2n) is 4.98. The lowest BCUT2D eigenvalue weighted by Gasteiger charge is -2.15. The number of benzene rings is 2. The first-order valence-electron chi connectivity index (χ1n) is 7.07. The van der Waals surface area contributed by atoms with Gasteiger partial charge < -0.3 is 10.6 Å². The van der Waals surface area contributed by atoms with Crippen LogP contribution in [0.15, 0.2) is 67.3 Å². The number of allylic oxidation sites excluding steroid dienone is 1. The summed E-state index contributed by atoms with van der Waals surface area (Å²) in [5.41, 5.74) is 3.35. The zero-order chi connectivity index (χ0) is 14.2. The molecule has 0 heterocycles. The quantitative estimate of drug-likeness (QED) is 0.673. The van der Waals surface area contributed by atoms with Gasteiger partial charge in [0.2, 0.25) is 0 Å². The van der Waals surface area contributed by atoms with E-state index in [1.807, 2.05) is 24.3 Å². The maximum absolute atomic E-state index is 3.76. The van der Waals surface area contributed by atoms with Crippen LogP contribution in [0.3, 0.4) is 0 Å². The summed E-state index contributed by atoms with van der Waals surface area (Å²) in [5, 5.41) is 6.87. The highest BCUT2D eigenvalue weighted by Gasteiger charge is 2.01. The van der Waals surface area contributed by atoms with E-state index in [1.165, 1.54) is 0 Å². The van der Waals surface area contributed by atoms with E-state index in [0.29, 0.717) is 6.04 Å². The molecule has 0 aromatic heterocycles. The summed E-state index contributed by atoms with van der Waals surface area (Å²) in [6.07, 6.45) is 4.11. The molecule has 1 atom stereocenters. The van der Waals surface area contributed by atoms with Gasteiger partial charge >= 0.3 is 0 Å². The SMILES string of the molecule is C=CCCC(C)Nc1ccc(Nc2ccccc2)cc1. The average molecular weight is 266 g/mol. The van der Waals surface area contributed by atoms with Crippen molar-refractivity contribution in [2.45, 2.75) is 25.8 Å². The monoisotopic (exact) mass is 266 g/mol. The van der Waals surface area contributed by atoms with E-state index in [1.54, 1.807) is 0 Å². The third-order valence-corrected chi connectivity index (χ3v) is 3.16. The van der Waals surface area contributed by atoms with E-state index in [0.717, 1.165) is 29.9 Å². The van der Waals surface area contributed by atoms with Crippen LogP contribution >= 0.6 is 0 Å². The Kier molecular flexibility index (Phi) is 5.24. The van der Waals surface area contributed by atoms with Crippen molar-refractivity contribution in [3.63, 3.8) is 0 Å². The van der Waals surface area contributed by atoms with E-state index < -0.39 is 0 Å². The van der Waals surface area contributed by atoms with Crippen LogP contribution in [0.2, 0.25) is 0 Å². The zero-order valence-electron chi connectivity index (χ0n) is 12.0. The Balaban J connectivity index is 1.91. The minimum atomic E-state index is 0.459. The predicted molar refractivity (Wildman–Crippen MR) is 88.7 cm³/mol. The summed E-state index contributed by atoms with van der Waals surface area (Å²) < 4.78 is 0. The number of rotatable bonds is 7. The highest BCUT2D eigenvalue weighted by Crippen LogP contribution is 2.19. The van der Waals surface area contributed by atoms with Crippen LogP contribution in [0, 0.1) is 0 Å². The van der Waals surface area contributed by atoms with Crippen LogP contribution in [0.5, 0.6) is 0 Å². The van der Waals surface area contributed by atoms with Gasteiger partial charge in [0.25, 0.3) is 0 Å². The predicted octanol–water partition coefficient (Wildman–Crippen LogP) is 5.20. The molecule has 0 bridgehead atoms. The smallest absolute Gasteiger partial charge is 0.0385 e. The van der Waals surface area contributed by atoms with E-state index in [4.69, 9.17) is 0 Å². The molecule has 0 spiro atoms.